The standard InChI is InChI=1S/C8H4BrCl2FO/c9-5-2-6(11)7(12)1-4(5)8(13)3-10/h1-2H,3H2. The first kappa shape index (κ1) is 11.0. The van der Waals surface area contributed by atoms with Gasteiger partial charge in [0.15, 0.2) is 5.78 Å². The molecule has 1 nitrogen and oxygen atoms in total. The van der Waals surface area contributed by atoms with Crippen molar-refractivity contribution in [2.75, 3.05) is 5.88 Å². The van der Waals surface area contributed by atoms with Crippen molar-refractivity contribution in [2.45, 2.75) is 0 Å². The minimum absolute atomic E-state index is 0.0296. The van der Waals surface area contributed by atoms with Gasteiger partial charge in [-0.3, -0.25) is 4.79 Å². The molecule has 5 heteroatoms. The number of carbonyl (C=O) groups excluding carboxylic acids is 1. The van der Waals surface area contributed by atoms with Crippen molar-refractivity contribution >= 4 is 44.9 Å². The Balaban J connectivity index is 3.23. The number of Topliss-reactive ketones (excluding diaryl/α,β-unsaturated/α-hetero) is 1. The SMILES string of the molecule is O=C(CCl)c1cc(F)c(Cl)cc1Br. The van der Waals surface area contributed by atoms with Crippen molar-refractivity contribution in [1.82, 2.24) is 0 Å². The average Bonchev–Trinajstić information content (AvgIpc) is 2.10. The molecule has 0 aliphatic heterocycles. The van der Waals surface area contributed by atoms with Gasteiger partial charge in [-0.05, 0) is 28.1 Å². The summed E-state index contributed by atoms with van der Waals surface area (Å²) >= 11 is 13.9. The highest BCUT2D eigenvalue weighted by molar-refractivity contribution is 9.10. The predicted octanol–water partition coefficient (Wildman–Crippen LogP) is 3.66. The van der Waals surface area contributed by atoms with E-state index in [4.69, 9.17) is 23.2 Å². The summed E-state index contributed by atoms with van der Waals surface area (Å²) < 4.78 is 13.4. The molecule has 0 spiro atoms. The molecule has 13 heavy (non-hydrogen) atoms. The van der Waals surface area contributed by atoms with Gasteiger partial charge in [0.05, 0.1) is 10.9 Å². The highest BCUT2D eigenvalue weighted by Crippen LogP contribution is 2.25. The van der Waals surface area contributed by atoms with E-state index in [-0.39, 0.29) is 22.2 Å². The summed E-state index contributed by atoms with van der Waals surface area (Å²) in [7, 11) is 0. The molecule has 0 atom stereocenters. The van der Waals surface area contributed by atoms with Gasteiger partial charge in [0, 0.05) is 10.0 Å². The molecule has 0 aromatic heterocycles. The zero-order valence-electron chi connectivity index (χ0n) is 6.28. The maximum absolute atomic E-state index is 12.9. The normalized spacial score (nSPS) is 10.2. The van der Waals surface area contributed by atoms with Crippen LogP contribution in [0.3, 0.4) is 0 Å². The first-order valence-corrected chi connectivity index (χ1v) is 5.00. The van der Waals surface area contributed by atoms with Gasteiger partial charge >= 0.3 is 0 Å². The van der Waals surface area contributed by atoms with E-state index >= 15 is 0 Å². The van der Waals surface area contributed by atoms with Crippen LogP contribution in [-0.4, -0.2) is 11.7 Å². The van der Waals surface area contributed by atoms with Crippen LogP contribution in [0.15, 0.2) is 16.6 Å². The minimum Gasteiger partial charge on any atom is -0.293 e. The molecule has 0 amide bonds. The fraction of sp³-hybridized carbons (Fsp3) is 0.125. The van der Waals surface area contributed by atoms with Gasteiger partial charge in [-0.1, -0.05) is 11.6 Å². The number of hydrogen-bond donors (Lipinski definition) is 0. The third-order valence-electron chi connectivity index (χ3n) is 1.43. The van der Waals surface area contributed by atoms with E-state index in [0.717, 1.165) is 6.07 Å². The van der Waals surface area contributed by atoms with Crippen molar-refractivity contribution in [2.24, 2.45) is 0 Å². The Morgan fingerprint density at radius 3 is 2.69 bits per heavy atom. The van der Waals surface area contributed by atoms with Gasteiger partial charge in [-0.15, -0.1) is 11.6 Å². The topological polar surface area (TPSA) is 17.1 Å². The molecular formula is C8H4BrCl2FO. The van der Waals surface area contributed by atoms with Crippen LogP contribution in [0.4, 0.5) is 4.39 Å². The lowest BCUT2D eigenvalue weighted by molar-refractivity contribution is 0.102. The second-order valence-electron chi connectivity index (χ2n) is 2.30. The smallest absolute Gasteiger partial charge is 0.178 e. The van der Waals surface area contributed by atoms with Crippen molar-refractivity contribution < 1.29 is 9.18 Å². The Labute approximate surface area is 93.0 Å². The van der Waals surface area contributed by atoms with E-state index in [9.17, 15) is 9.18 Å². The molecule has 0 aliphatic carbocycles. The van der Waals surface area contributed by atoms with Crippen LogP contribution in [0, 0.1) is 5.82 Å². The second kappa shape index (κ2) is 4.40. The van der Waals surface area contributed by atoms with E-state index in [1.165, 1.54) is 6.07 Å². The van der Waals surface area contributed by atoms with Gasteiger partial charge < -0.3 is 0 Å². The predicted molar refractivity (Wildman–Crippen MR) is 54.2 cm³/mol. The fourth-order valence-corrected chi connectivity index (χ4v) is 1.81. The maximum Gasteiger partial charge on any atom is 0.178 e. The lowest BCUT2D eigenvalue weighted by Gasteiger charge is -2.02. The van der Waals surface area contributed by atoms with E-state index in [1.54, 1.807) is 0 Å². The molecule has 0 radical (unpaired) electrons. The van der Waals surface area contributed by atoms with Crippen molar-refractivity contribution in [1.29, 1.82) is 0 Å². The summed E-state index contributed by atoms with van der Waals surface area (Å²) in [6.07, 6.45) is 0. The summed E-state index contributed by atoms with van der Waals surface area (Å²) in [4.78, 5) is 11.1. The summed E-state index contributed by atoms with van der Waals surface area (Å²) in [6, 6.07) is 2.40. The number of hydrogen-bond acceptors (Lipinski definition) is 1. The molecule has 0 fully saturated rings. The Hall–Kier alpha value is -0.120. The molecule has 0 heterocycles. The summed E-state index contributed by atoms with van der Waals surface area (Å²) in [5.74, 6) is -1.15. The zero-order chi connectivity index (χ0) is 10.0. The minimum atomic E-state index is -0.627. The summed E-state index contributed by atoms with van der Waals surface area (Å²) in [5.41, 5.74) is 0.205. The van der Waals surface area contributed by atoms with Crippen LogP contribution in [-0.2, 0) is 0 Å². The molecule has 1 rings (SSSR count). The molecule has 0 N–H and O–H groups in total. The molecule has 70 valence electrons. The molecule has 0 saturated heterocycles. The molecule has 0 unspecified atom stereocenters. The van der Waals surface area contributed by atoms with Crippen LogP contribution < -0.4 is 0 Å². The van der Waals surface area contributed by atoms with E-state index in [2.05, 4.69) is 15.9 Å². The highest BCUT2D eigenvalue weighted by atomic mass is 79.9. The van der Waals surface area contributed by atoms with Crippen molar-refractivity contribution in [3.05, 3.63) is 33.0 Å². The van der Waals surface area contributed by atoms with Crippen molar-refractivity contribution in [3.8, 4) is 0 Å². The van der Waals surface area contributed by atoms with Crippen LogP contribution in [0.1, 0.15) is 10.4 Å². The molecular weight excluding hydrogens is 282 g/mol. The Morgan fingerprint density at radius 1 is 1.54 bits per heavy atom. The molecule has 1 aromatic rings. The van der Waals surface area contributed by atoms with Gasteiger partial charge in [0.1, 0.15) is 5.82 Å². The fourth-order valence-electron chi connectivity index (χ4n) is 0.808. The average molecular weight is 286 g/mol. The van der Waals surface area contributed by atoms with Gasteiger partial charge in [-0.2, -0.15) is 0 Å². The van der Waals surface area contributed by atoms with E-state index < -0.39 is 5.82 Å². The van der Waals surface area contributed by atoms with Gasteiger partial charge in [0.25, 0.3) is 0 Å². The third kappa shape index (κ3) is 2.42. The third-order valence-corrected chi connectivity index (χ3v) is 2.62. The highest BCUT2D eigenvalue weighted by Gasteiger charge is 2.12. The van der Waals surface area contributed by atoms with E-state index in [1.807, 2.05) is 0 Å². The number of benzene rings is 1. The number of carbonyl (C=O) groups is 1. The van der Waals surface area contributed by atoms with Crippen molar-refractivity contribution in [3.63, 3.8) is 0 Å². The van der Waals surface area contributed by atoms with Crippen LogP contribution >= 0.6 is 39.1 Å². The number of rotatable bonds is 2. The zero-order valence-corrected chi connectivity index (χ0v) is 9.38. The molecule has 1 aromatic carbocycles. The largest absolute Gasteiger partial charge is 0.293 e. The second-order valence-corrected chi connectivity index (χ2v) is 3.83. The number of alkyl halides is 1. The Kier molecular flexibility index (Phi) is 3.71. The summed E-state index contributed by atoms with van der Waals surface area (Å²) in [6.45, 7) is 0. The number of ketones is 1. The van der Waals surface area contributed by atoms with Crippen LogP contribution in [0.25, 0.3) is 0 Å². The monoisotopic (exact) mass is 284 g/mol. The van der Waals surface area contributed by atoms with E-state index in [0.29, 0.717) is 4.47 Å². The Morgan fingerprint density at radius 2 is 2.15 bits per heavy atom. The van der Waals surface area contributed by atoms with Gasteiger partial charge in [-0.25, -0.2) is 4.39 Å². The lowest BCUT2D eigenvalue weighted by atomic mass is 10.1. The summed E-state index contributed by atoms with van der Waals surface area (Å²) in [5, 5.41) is -0.0296. The Bertz CT molecular complexity index is 354. The maximum atomic E-state index is 12.9. The van der Waals surface area contributed by atoms with Gasteiger partial charge in [0.2, 0.25) is 0 Å². The van der Waals surface area contributed by atoms with Crippen LogP contribution in [0.2, 0.25) is 5.02 Å². The molecule has 0 aliphatic rings. The molecule has 0 bridgehead atoms. The molecule has 0 saturated carbocycles. The first-order valence-electron chi connectivity index (χ1n) is 3.30. The first-order chi connectivity index (χ1) is 6.06. The quantitative estimate of drug-likeness (QED) is 0.460. The number of halogens is 4. The van der Waals surface area contributed by atoms with Crippen LogP contribution in [0.5, 0.6) is 0 Å². The lowest BCUT2D eigenvalue weighted by Crippen LogP contribution is -2.02.